The zero-order valence-electron chi connectivity index (χ0n) is 10.9. The molecule has 0 aromatic carbocycles. The van der Waals surface area contributed by atoms with E-state index in [2.05, 4.69) is 15.5 Å². The lowest BCUT2D eigenvalue weighted by atomic mass is 9.93. The molecule has 104 valence electrons. The molecule has 3 rings (SSSR count). The summed E-state index contributed by atoms with van der Waals surface area (Å²) < 4.78 is 5.46. The molecule has 0 unspecified atom stereocenters. The summed E-state index contributed by atoms with van der Waals surface area (Å²) in [7, 11) is 0. The van der Waals surface area contributed by atoms with Crippen LogP contribution in [0.1, 0.15) is 50.1 Å². The lowest BCUT2D eigenvalue weighted by molar-refractivity contribution is 0.0932. The number of nitrogen functional groups attached to an aromatic ring is 1. The number of ether oxygens (including phenoxy) is 1. The fourth-order valence-electron chi connectivity index (χ4n) is 2.80. The van der Waals surface area contributed by atoms with Gasteiger partial charge in [0.2, 0.25) is 0 Å². The van der Waals surface area contributed by atoms with E-state index in [-0.39, 0.29) is 12.2 Å². The number of hydrogen-bond donors (Lipinski definition) is 3. The fraction of sp³-hybridized carbons (Fsp3) is 0.692. The zero-order valence-corrected chi connectivity index (χ0v) is 10.9. The number of carbonyl (C=O) groups excluding carboxylic acids is 1. The highest BCUT2D eigenvalue weighted by Crippen LogP contribution is 2.35. The van der Waals surface area contributed by atoms with E-state index in [4.69, 9.17) is 10.5 Å². The summed E-state index contributed by atoms with van der Waals surface area (Å²) in [6, 6.07) is 2.19. The maximum atomic E-state index is 11.7. The van der Waals surface area contributed by atoms with Crippen LogP contribution in [-0.2, 0) is 4.74 Å². The van der Waals surface area contributed by atoms with Gasteiger partial charge in [0.05, 0.1) is 0 Å². The van der Waals surface area contributed by atoms with E-state index >= 15 is 0 Å². The van der Waals surface area contributed by atoms with Gasteiger partial charge >= 0.3 is 6.09 Å². The van der Waals surface area contributed by atoms with Crippen LogP contribution in [0.5, 0.6) is 0 Å². The Labute approximate surface area is 112 Å². The zero-order chi connectivity index (χ0) is 13.2. The summed E-state index contributed by atoms with van der Waals surface area (Å²) in [6.07, 6.45) is 5.86. The topological polar surface area (TPSA) is 93.0 Å². The summed E-state index contributed by atoms with van der Waals surface area (Å²) in [5, 5.41) is 9.78. The largest absolute Gasteiger partial charge is 0.446 e. The second-order valence-corrected chi connectivity index (χ2v) is 5.56. The van der Waals surface area contributed by atoms with Crippen LogP contribution < -0.4 is 11.1 Å². The Hall–Kier alpha value is -1.72. The number of nitrogens with zero attached hydrogens (tertiary/aromatic N) is 1. The molecule has 0 spiro atoms. The van der Waals surface area contributed by atoms with Gasteiger partial charge in [-0.2, -0.15) is 5.10 Å². The number of anilines is 1. The van der Waals surface area contributed by atoms with Crippen molar-refractivity contribution in [2.75, 3.05) is 5.73 Å². The number of nitrogens with one attached hydrogen (secondary N) is 2. The van der Waals surface area contributed by atoms with Crippen molar-refractivity contribution < 1.29 is 9.53 Å². The third-order valence-corrected chi connectivity index (χ3v) is 4.14. The highest BCUT2D eigenvalue weighted by molar-refractivity contribution is 5.68. The van der Waals surface area contributed by atoms with Gasteiger partial charge < -0.3 is 15.8 Å². The lowest BCUT2D eigenvalue weighted by Crippen LogP contribution is -2.40. The normalized spacial score (nSPS) is 26.9. The number of alkyl carbamates (subject to hydrolysis) is 1. The van der Waals surface area contributed by atoms with E-state index in [1.54, 1.807) is 0 Å². The van der Waals surface area contributed by atoms with Gasteiger partial charge in [0.1, 0.15) is 11.9 Å². The van der Waals surface area contributed by atoms with Gasteiger partial charge in [0.25, 0.3) is 0 Å². The van der Waals surface area contributed by atoms with Gasteiger partial charge in [-0.05, 0) is 38.5 Å². The van der Waals surface area contributed by atoms with Gasteiger partial charge in [-0.15, -0.1) is 0 Å². The number of nitrogens with two attached hydrogens (primary N) is 1. The Morgan fingerprint density at radius 2 is 2.26 bits per heavy atom. The molecule has 2 atom stereocenters. The minimum atomic E-state index is -0.264. The van der Waals surface area contributed by atoms with Crippen LogP contribution in [0, 0.1) is 0 Å². The van der Waals surface area contributed by atoms with Gasteiger partial charge in [0.15, 0.2) is 0 Å². The van der Waals surface area contributed by atoms with Crippen molar-refractivity contribution in [3.05, 3.63) is 11.8 Å². The molecule has 1 heterocycles. The molecule has 4 N–H and O–H groups in total. The summed E-state index contributed by atoms with van der Waals surface area (Å²) in [5.41, 5.74) is 6.64. The van der Waals surface area contributed by atoms with E-state index in [1.165, 1.54) is 6.42 Å². The minimum absolute atomic E-state index is 0.00889. The predicted molar refractivity (Wildman–Crippen MR) is 70.6 cm³/mol. The number of aromatic amines is 1. The fourth-order valence-corrected chi connectivity index (χ4v) is 2.80. The van der Waals surface area contributed by atoms with Crippen LogP contribution >= 0.6 is 0 Å². The summed E-state index contributed by atoms with van der Waals surface area (Å²) in [6.45, 7) is 0. The lowest BCUT2D eigenvalue weighted by Gasteiger charge is -2.26. The van der Waals surface area contributed by atoms with Crippen LogP contribution in [0.2, 0.25) is 0 Å². The summed E-state index contributed by atoms with van der Waals surface area (Å²) >= 11 is 0. The Morgan fingerprint density at radius 3 is 2.89 bits per heavy atom. The van der Waals surface area contributed by atoms with Crippen LogP contribution in [-0.4, -0.2) is 28.4 Å². The van der Waals surface area contributed by atoms with Crippen LogP contribution in [0.25, 0.3) is 0 Å². The first-order chi connectivity index (χ1) is 9.20. The molecule has 2 aliphatic rings. The van der Waals surface area contributed by atoms with Crippen molar-refractivity contribution >= 4 is 11.9 Å². The molecular weight excluding hydrogens is 244 g/mol. The van der Waals surface area contributed by atoms with E-state index in [0.29, 0.717) is 17.8 Å². The molecule has 6 nitrogen and oxygen atoms in total. The Bertz CT molecular complexity index is 455. The molecule has 0 saturated heterocycles. The van der Waals surface area contributed by atoms with Crippen LogP contribution in [0.15, 0.2) is 6.07 Å². The average Bonchev–Trinajstić information content (AvgIpc) is 2.93. The van der Waals surface area contributed by atoms with E-state index in [9.17, 15) is 4.79 Å². The number of hydrogen-bond acceptors (Lipinski definition) is 4. The number of carbonyl (C=O) groups is 1. The molecular formula is C13H20N4O2. The van der Waals surface area contributed by atoms with Gasteiger partial charge in [-0.25, -0.2) is 4.79 Å². The first kappa shape index (κ1) is 12.3. The first-order valence-corrected chi connectivity index (χ1v) is 6.98. The molecule has 1 aromatic rings. The van der Waals surface area contributed by atoms with E-state index in [0.717, 1.165) is 37.8 Å². The maximum Gasteiger partial charge on any atom is 0.407 e. The molecule has 0 aliphatic heterocycles. The summed E-state index contributed by atoms with van der Waals surface area (Å²) in [5.74, 6) is 0.883. The van der Waals surface area contributed by atoms with Gasteiger partial charge in [-0.1, -0.05) is 0 Å². The van der Waals surface area contributed by atoms with Crippen LogP contribution in [0.4, 0.5) is 10.6 Å². The highest BCUT2D eigenvalue weighted by Gasteiger charge is 2.30. The van der Waals surface area contributed by atoms with Crippen molar-refractivity contribution in [3.63, 3.8) is 0 Å². The van der Waals surface area contributed by atoms with Crippen molar-refractivity contribution in [1.82, 2.24) is 15.5 Å². The number of aromatic nitrogens is 2. The first-order valence-electron chi connectivity index (χ1n) is 6.98. The Balaban J connectivity index is 1.47. The van der Waals surface area contributed by atoms with Crippen LogP contribution in [0.3, 0.4) is 0 Å². The third kappa shape index (κ3) is 2.83. The van der Waals surface area contributed by atoms with E-state index in [1.807, 2.05) is 6.07 Å². The van der Waals surface area contributed by atoms with E-state index < -0.39 is 0 Å². The molecule has 19 heavy (non-hydrogen) atoms. The number of H-pyrrole nitrogens is 1. The monoisotopic (exact) mass is 264 g/mol. The number of amides is 1. The minimum Gasteiger partial charge on any atom is -0.446 e. The molecule has 2 fully saturated rings. The second kappa shape index (κ2) is 5.11. The molecule has 2 aliphatic carbocycles. The van der Waals surface area contributed by atoms with Crippen molar-refractivity contribution in [1.29, 1.82) is 0 Å². The molecule has 1 amide bonds. The highest BCUT2D eigenvalue weighted by atomic mass is 16.6. The molecule has 2 saturated carbocycles. The SMILES string of the molecule is Nc1cc([C@H]2CC[C@@H](OC(=O)NC3CCC3)C2)[nH]n1. The molecule has 1 aromatic heterocycles. The Morgan fingerprint density at radius 1 is 1.42 bits per heavy atom. The molecule has 6 heteroatoms. The molecule has 0 radical (unpaired) electrons. The smallest absolute Gasteiger partial charge is 0.407 e. The third-order valence-electron chi connectivity index (χ3n) is 4.14. The van der Waals surface area contributed by atoms with Gasteiger partial charge in [0, 0.05) is 23.7 Å². The van der Waals surface area contributed by atoms with Gasteiger partial charge in [-0.3, -0.25) is 5.10 Å². The average molecular weight is 264 g/mol. The molecule has 0 bridgehead atoms. The Kier molecular flexibility index (Phi) is 3.31. The maximum absolute atomic E-state index is 11.7. The van der Waals surface area contributed by atoms with Crippen molar-refractivity contribution in [3.8, 4) is 0 Å². The predicted octanol–water partition coefficient (Wildman–Crippen LogP) is 1.91. The quantitative estimate of drug-likeness (QED) is 0.777. The standard InChI is InChI=1S/C13H20N4O2/c14-12-7-11(16-17-12)8-4-5-10(6-8)19-13(18)15-9-2-1-3-9/h7-10H,1-6H2,(H,15,18)(H3,14,16,17)/t8-,10+/m0/s1. The van der Waals surface area contributed by atoms with Crippen molar-refractivity contribution in [2.45, 2.75) is 56.6 Å². The number of rotatable bonds is 3. The second-order valence-electron chi connectivity index (χ2n) is 5.56. The summed E-state index contributed by atoms with van der Waals surface area (Å²) in [4.78, 5) is 11.7. The van der Waals surface area contributed by atoms with Crippen molar-refractivity contribution in [2.24, 2.45) is 0 Å².